The molecule has 12 heavy (non-hydrogen) atoms. The predicted molar refractivity (Wildman–Crippen MR) is 48.8 cm³/mol. The van der Waals surface area contributed by atoms with Gasteiger partial charge < -0.3 is 0 Å². The van der Waals surface area contributed by atoms with Crippen LogP contribution in [-0.4, -0.2) is 5.78 Å². The molecule has 3 atom stereocenters. The summed E-state index contributed by atoms with van der Waals surface area (Å²) in [5.41, 5.74) is -0.0382. The molecule has 0 radical (unpaired) electrons. The smallest absolute Gasteiger partial charge is 0.139 e. The first-order valence-corrected chi connectivity index (χ1v) is 4.88. The van der Waals surface area contributed by atoms with Crippen LogP contribution in [-0.2, 0) is 4.79 Å². The van der Waals surface area contributed by atoms with Crippen molar-refractivity contribution in [1.82, 2.24) is 0 Å². The molecule has 2 rings (SSSR count). The molecule has 0 heterocycles. The molecule has 2 aliphatic rings. The van der Waals surface area contributed by atoms with E-state index in [1.807, 2.05) is 0 Å². The van der Waals surface area contributed by atoms with Gasteiger partial charge in [-0.3, -0.25) is 4.79 Å². The third kappa shape index (κ3) is 0.886. The lowest BCUT2D eigenvalue weighted by Crippen LogP contribution is -2.38. The first-order chi connectivity index (χ1) is 5.66. The van der Waals surface area contributed by atoms with Crippen molar-refractivity contribution in [1.29, 1.82) is 0 Å². The van der Waals surface area contributed by atoms with Gasteiger partial charge >= 0.3 is 0 Å². The monoisotopic (exact) mass is 164 g/mol. The van der Waals surface area contributed by atoms with Crippen LogP contribution in [0.3, 0.4) is 0 Å². The Morgan fingerprint density at radius 2 is 2.33 bits per heavy atom. The maximum atomic E-state index is 11.8. The Labute approximate surface area is 73.8 Å². The van der Waals surface area contributed by atoms with E-state index in [1.54, 1.807) is 0 Å². The lowest BCUT2D eigenvalue weighted by molar-refractivity contribution is -0.133. The fourth-order valence-corrected chi connectivity index (χ4v) is 2.54. The van der Waals surface area contributed by atoms with Gasteiger partial charge in [0, 0.05) is 11.8 Å². The van der Waals surface area contributed by atoms with E-state index < -0.39 is 0 Å². The van der Waals surface area contributed by atoms with E-state index in [1.165, 1.54) is 6.42 Å². The molecule has 0 aromatic rings. The number of carbonyl (C=O) groups is 1. The van der Waals surface area contributed by atoms with Crippen molar-refractivity contribution in [2.45, 2.75) is 33.1 Å². The van der Waals surface area contributed by atoms with Gasteiger partial charge in [0.25, 0.3) is 0 Å². The molecule has 0 amide bonds. The molecule has 2 bridgehead atoms. The van der Waals surface area contributed by atoms with Crippen molar-refractivity contribution in [2.24, 2.45) is 17.3 Å². The van der Waals surface area contributed by atoms with Crippen LogP contribution in [0.25, 0.3) is 0 Å². The van der Waals surface area contributed by atoms with Crippen molar-refractivity contribution in [3.8, 4) is 0 Å². The number of Topliss-reactive ketones (excluding diaryl/α,β-unsaturated/α-hetero) is 1. The van der Waals surface area contributed by atoms with Gasteiger partial charge in [0.15, 0.2) is 0 Å². The number of carbonyl (C=O) groups excluding carboxylic acids is 1. The number of hydrogen-bond acceptors (Lipinski definition) is 1. The number of ketones is 1. The van der Waals surface area contributed by atoms with Crippen molar-refractivity contribution < 1.29 is 4.79 Å². The standard InChI is InChI=1S/C11H16O/c1-3-11(2)9-5-4-8(6-9)7-10(11)12/h4-5,8-9H,3,6-7H2,1-2H3/t8-,9+,11+/m1/s1. The Morgan fingerprint density at radius 1 is 1.58 bits per heavy atom. The Balaban J connectivity index is 2.32. The van der Waals surface area contributed by atoms with Crippen LogP contribution >= 0.6 is 0 Å². The highest BCUT2D eigenvalue weighted by Crippen LogP contribution is 2.47. The molecule has 0 saturated heterocycles. The van der Waals surface area contributed by atoms with Gasteiger partial charge in [0.2, 0.25) is 0 Å². The molecular formula is C11H16O. The van der Waals surface area contributed by atoms with E-state index in [-0.39, 0.29) is 5.41 Å². The minimum atomic E-state index is -0.0382. The summed E-state index contributed by atoms with van der Waals surface area (Å²) in [6.45, 7) is 4.26. The number of rotatable bonds is 1. The quantitative estimate of drug-likeness (QED) is 0.544. The lowest BCUT2D eigenvalue weighted by Gasteiger charge is -2.37. The normalized spacial score (nSPS) is 45.3. The topological polar surface area (TPSA) is 17.1 Å². The summed E-state index contributed by atoms with van der Waals surface area (Å²) in [4.78, 5) is 11.8. The van der Waals surface area contributed by atoms with Crippen LogP contribution in [0.5, 0.6) is 0 Å². The average molecular weight is 164 g/mol. The first kappa shape index (κ1) is 8.03. The highest BCUT2D eigenvalue weighted by atomic mass is 16.1. The van der Waals surface area contributed by atoms with Crippen molar-refractivity contribution in [2.75, 3.05) is 0 Å². The minimum Gasteiger partial charge on any atom is -0.299 e. The molecule has 0 unspecified atom stereocenters. The Hall–Kier alpha value is -0.590. The summed E-state index contributed by atoms with van der Waals surface area (Å²) in [6.07, 6.45) is 7.50. The molecule has 1 heteroatoms. The molecule has 0 N–H and O–H groups in total. The van der Waals surface area contributed by atoms with Gasteiger partial charge in [-0.25, -0.2) is 0 Å². The van der Waals surface area contributed by atoms with E-state index in [9.17, 15) is 4.79 Å². The maximum absolute atomic E-state index is 11.8. The largest absolute Gasteiger partial charge is 0.299 e. The zero-order chi connectivity index (χ0) is 8.77. The van der Waals surface area contributed by atoms with Crippen LogP contribution < -0.4 is 0 Å². The van der Waals surface area contributed by atoms with E-state index in [4.69, 9.17) is 0 Å². The summed E-state index contributed by atoms with van der Waals surface area (Å²) < 4.78 is 0. The predicted octanol–water partition coefficient (Wildman–Crippen LogP) is 2.57. The van der Waals surface area contributed by atoms with E-state index in [2.05, 4.69) is 26.0 Å². The van der Waals surface area contributed by atoms with Crippen molar-refractivity contribution in [3.63, 3.8) is 0 Å². The van der Waals surface area contributed by atoms with Crippen molar-refractivity contribution in [3.05, 3.63) is 12.2 Å². The molecule has 66 valence electrons. The number of fused-ring (bicyclic) bond motifs is 2. The summed E-state index contributed by atoms with van der Waals surface area (Å²) >= 11 is 0. The molecule has 0 aromatic carbocycles. The highest BCUT2D eigenvalue weighted by molar-refractivity contribution is 5.86. The number of allylic oxidation sites excluding steroid dienone is 2. The SMILES string of the molecule is CC[C@]1(C)C(=O)C[C@@H]2C=C[C@H]1C2. The van der Waals surface area contributed by atoms with E-state index in [0.29, 0.717) is 17.6 Å². The summed E-state index contributed by atoms with van der Waals surface area (Å²) in [5, 5.41) is 0. The fraction of sp³-hybridized carbons (Fsp3) is 0.727. The second-order valence-corrected chi connectivity index (χ2v) is 4.39. The lowest BCUT2D eigenvalue weighted by atomic mass is 9.65. The Kier molecular flexibility index (Phi) is 1.64. The zero-order valence-electron chi connectivity index (χ0n) is 7.84. The van der Waals surface area contributed by atoms with E-state index >= 15 is 0 Å². The summed E-state index contributed by atoms with van der Waals surface area (Å²) in [5.74, 6) is 1.59. The molecule has 1 saturated carbocycles. The fourth-order valence-electron chi connectivity index (χ4n) is 2.54. The minimum absolute atomic E-state index is 0.0382. The molecule has 2 aliphatic carbocycles. The Morgan fingerprint density at radius 3 is 3.00 bits per heavy atom. The van der Waals surface area contributed by atoms with E-state index in [0.717, 1.165) is 12.8 Å². The molecule has 1 fully saturated rings. The van der Waals surface area contributed by atoms with Gasteiger partial charge in [0.1, 0.15) is 5.78 Å². The highest BCUT2D eigenvalue weighted by Gasteiger charge is 2.45. The Bertz CT molecular complexity index is 241. The van der Waals surface area contributed by atoms with Crippen LogP contribution in [0, 0.1) is 17.3 Å². The molecule has 0 aliphatic heterocycles. The third-order valence-corrected chi connectivity index (χ3v) is 3.81. The third-order valence-electron chi connectivity index (χ3n) is 3.81. The molecule has 0 spiro atoms. The summed E-state index contributed by atoms with van der Waals surface area (Å²) in [7, 11) is 0. The second-order valence-electron chi connectivity index (χ2n) is 4.39. The summed E-state index contributed by atoms with van der Waals surface area (Å²) in [6, 6.07) is 0. The van der Waals surface area contributed by atoms with Crippen LogP contribution in [0.2, 0.25) is 0 Å². The zero-order valence-corrected chi connectivity index (χ0v) is 7.84. The van der Waals surface area contributed by atoms with Gasteiger partial charge in [-0.15, -0.1) is 0 Å². The second kappa shape index (κ2) is 2.45. The van der Waals surface area contributed by atoms with Gasteiger partial charge in [-0.2, -0.15) is 0 Å². The van der Waals surface area contributed by atoms with Gasteiger partial charge in [-0.1, -0.05) is 26.0 Å². The molecule has 1 nitrogen and oxygen atoms in total. The first-order valence-electron chi connectivity index (χ1n) is 4.88. The number of hydrogen-bond donors (Lipinski definition) is 0. The van der Waals surface area contributed by atoms with Crippen LogP contribution in [0.4, 0.5) is 0 Å². The van der Waals surface area contributed by atoms with Crippen molar-refractivity contribution >= 4 is 5.78 Å². The van der Waals surface area contributed by atoms with Gasteiger partial charge in [0.05, 0.1) is 0 Å². The average Bonchev–Trinajstić information content (AvgIpc) is 2.47. The molecule has 0 aromatic heterocycles. The van der Waals surface area contributed by atoms with Crippen LogP contribution in [0.15, 0.2) is 12.2 Å². The maximum Gasteiger partial charge on any atom is 0.139 e. The van der Waals surface area contributed by atoms with Crippen LogP contribution in [0.1, 0.15) is 33.1 Å². The molecular weight excluding hydrogens is 148 g/mol. The van der Waals surface area contributed by atoms with Gasteiger partial charge in [-0.05, 0) is 24.7 Å².